The molecule has 2 heterocycles. The van der Waals surface area contributed by atoms with Gasteiger partial charge in [-0.05, 0) is 47.5 Å². The monoisotopic (exact) mass is 461 g/mol. The quantitative estimate of drug-likeness (QED) is 0.455. The Bertz CT molecular complexity index is 780. The van der Waals surface area contributed by atoms with Crippen molar-refractivity contribution in [1.82, 2.24) is 14.3 Å². The molecule has 9 nitrogen and oxygen atoms in total. The highest BCUT2D eigenvalue weighted by Crippen LogP contribution is 2.29. The number of hydrogen-bond acceptors (Lipinski definition) is 8. The maximum atomic E-state index is 11.6. The summed E-state index contributed by atoms with van der Waals surface area (Å²) >= 11 is 3.38. The summed E-state index contributed by atoms with van der Waals surface area (Å²) in [6.45, 7) is 3.69. The number of nitrogens with two attached hydrogens (primary N) is 2. The fraction of sp³-hybridized carbons (Fsp3) is 0.308. The minimum atomic E-state index is -0.713. The Morgan fingerprint density at radius 1 is 1.42 bits per heavy atom. The van der Waals surface area contributed by atoms with Gasteiger partial charge in [0.1, 0.15) is 16.9 Å². The lowest BCUT2D eigenvalue weighted by molar-refractivity contribution is -0.118. The van der Waals surface area contributed by atoms with Crippen LogP contribution in [0.25, 0.3) is 0 Å². The third-order valence-electron chi connectivity index (χ3n) is 3.10. The van der Waals surface area contributed by atoms with Crippen molar-refractivity contribution >= 4 is 62.6 Å². The van der Waals surface area contributed by atoms with Crippen LogP contribution < -0.4 is 22.1 Å². The number of hydrogen-bond donors (Lipinski definition) is 4. The lowest BCUT2D eigenvalue weighted by atomic mass is 10.2. The second-order valence-electron chi connectivity index (χ2n) is 4.86. The van der Waals surface area contributed by atoms with Crippen LogP contribution in [0.2, 0.25) is 0 Å². The summed E-state index contributed by atoms with van der Waals surface area (Å²) in [5, 5.41) is 6.63. The zero-order valence-electron chi connectivity index (χ0n) is 13.0. The normalized spacial score (nSPS) is 11.8. The third kappa shape index (κ3) is 4.08. The van der Waals surface area contributed by atoms with Crippen molar-refractivity contribution in [2.45, 2.75) is 26.3 Å². The SMILES string of the molecule is CC[C@@H](Nc1cnc(C(N)=O)c(Nc2snc(C)c2I)n1)C(N)=O. The first-order chi connectivity index (χ1) is 11.3. The smallest absolute Gasteiger partial charge is 0.271 e. The van der Waals surface area contributed by atoms with Crippen LogP contribution in [-0.4, -0.2) is 32.2 Å². The fourth-order valence-corrected chi connectivity index (χ4v) is 3.23. The molecule has 0 bridgehead atoms. The average molecular weight is 461 g/mol. The van der Waals surface area contributed by atoms with Crippen molar-refractivity contribution in [3.05, 3.63) is 21.2 Å². The first-order valence-corrected chi connectivity index (χ1v) is 8.80. The minimum absolute atomic E-state index is 0.00507. The van der Waals surface area contributed by atoms with E-state index >= 15 is 0 Å². The summed E-state index contributed by atoms with van der Waals surface area (Å²) in [6.07, 6.45) is 1.82. The molecule has 2 rings (SSSR count). The van der Waals surface area contributed by atoms with Crippen LogP contribution in [0, 0.1) is 10.5 Å². The molecule has 0 radical (unpaired) electrons. The summed E-state index contributed by atoms with van der Waals surface area (Å²) in [5.41, 5.74) is 11.5. The molecule has 0 spiro atoms. The van der Waals surface area contributed by atoms with E-state index in [0.717, 1.165) is 14.3 Å². The van der Waals surface area contributed by atoms with E-state index in [1.807, 2.05) is 13.8 Å². The molecule has 2 amide bonds. The van der Waals surface area contributed by atoms with Gasteiger partial charge in [0.15, 0.2) is 11.5 Å². The van der Waals surface area contributed by atoms with E-state index in [2.05, 4.69) is 47.6 Å². The minimum Gasteiger partial charge on any atom is -0.368 e. The maximum absolute atomic E-state index is 11.6. The Hall–Kier alpha value is -2.02. The molecular formula is C13H16IN7O2S. The highest BCUT2D eigenvalue weighted by atomic mass is 127. The molecule has 0 fully saturated rings. The van der Waals surface area contributed by atoms with E-state index in [1.54, 1.807) is 0 Å². The van der Waals surface area contributed by atoms with E-state index in [1.165, 1.54) is 17.7 Å². The number of aryl methyl sites for hydroxylation is 1. The Morgan fingerprint density at radius 3 is 2.62 bits per heavy atom. The largest absolute Gasteiger partial charge is 0.368 e. The van der Waals surface area contributed by atoms with E-state index in [0.29, 0.717) is 12.2 Å². The predicted octanol–water partition coefficient (Wildman–Crippen LogP) is 1.36. The van der Waals surface area contributed by atoms with Gasteiger partial charge in [0.05, 0.1) is 15.5 Å². The van der Waals surface area contributed by atoms with Crippen LogP contribution in [0.1, 0.15) is 29.5 Å². The second kappa shape index (κ2) is 7.70. The van der Waals surface area contributed by atoms with Gasteiger partial charge in [0, 0.05) is 0 Å². The third-order valence-corrected chi connectivity index (χ3v) is 5.64. The molecule has 2 aromatic rings. The number of rotatable bonds is 7. The zero-order valence-corrected chi connectivity index (χ0v) is 15.9. The highest BCUT2D eigenvalue weighted by molar-refractivity contribution is 14.1. The van der Waals surface area contributed by atoms with Gasteiger partial charge >= 0.3 is 0 Å². The molecule has 11 heteroatoms. The first-order valence-electron chi connectivity index (χ1n) is 6.95. The van der Waals surface area contributed by atoms with E-state index in [9.17, 15) is 9.59 Å². The second-order valence-corrected chi connectivity index (χ2v) is 6.71. The molecule has 0 aliphatic rings. The number of aromatic nitrogens is 3. The Balaban J connectivity index is 2.36. The van der Waals surface area contributed by atoms with Gasteiger partial charge in [-0.1, -0.05) is 6.92 Å². The van der Waals surface area contributed by atoms with E-state index in [-0.39, 0.29) is 11.5 Å². The molecule has 24 heavy (non-hydrogen) atoms. The molecule has 128 valence electrons. The van der Waals surface area contributed by atoms with Gasteiger partial charge in [0.2, 0.25) is 5.91 Å². The maximum Gasteiger partial charge on any atom is 0.271 e. The molecule has 0 saturated carbocycles. The summed E-state index contributed by atoms with van der Waals surface area (Å²) in [7, 11) is 0. The summed E-state index contributed by atoms with van der Waals surface area (Å²) in [5.74, 6) is -0.715. The summed E-state index contributed by atoms with van der Waals surface area (Å²) < 4.78 is 5.14. The van der Waals surface area contributed by atoms with Crippen LogP contribution in [0.5, 0.6) is 0 Å². The number of anilines is 3. The number of amides is 2. The van der Waals surface area contributed by atoms with Gasteiger partial charge in [-0.25, -0.2) is 9.97 Å². The molecule has 6 N–H and O–H groups in total. The molecule has 0 aromatic carbocycles. The van der Waals surface area contributed by atoms with Crippen molar-refractivity contribution < 1.29 is 9.59 Å². The predicted molar refractivity (Wildman–Crippen MR) is 100 cm³/mol. The molecule has 0 saturated heterocycles. The van der Waals surface area contributed by atoms with Crippen molar-refractivity contribution in [2.75, 3.05) is 10.6 Å². The fourth-order valence-electron chi connectivity index (χ4n) is 1.82. The van der Waals surface area contributed by atoms with Gasteiger partial charge in [-0.15, -0.1) is 0 Å². The van der Waals surface area contributed by atoms with Crippen LogP contribution in [-0.2, 0) is 4.79 Å². The van der Waals surface area contributed by atoms with Crippen molar-refractivity contribution in [3.63, 3.8) is 0 Å². The van der Waals surface area contributed by atoms with Crippen LogP contribution in [0.4, 0.5) is 16.6 Å². The zero-order chi connectivity index (χ0) is 17.9. The van der Waals surface area contributed by atoms with Gasteiger partial charge in [-0.3, -0.25) is 9.59 Å². The molecule has 1 atom stereocenters. The molecular weight excluding hydrogens is 445 g/mol. The van der Waals surface area contributed by atoms with Crippen LogP contribution >= 0.6 is 34.1 Å². The summed E-state index contributed by atoms with van der Waals surface area (Å²) in [6, 6.07) is -0.586. The number of carbonyl (C=O) groups excluding carboxylic acids is 2. The standard InChI is InChI=1S/C13H16IN7O2S/c1-3-6(10(15)22)18-7-4-17-9(11(16)23)12(19-7)20-13-8(14)5(2)21-24-13/h4,6H,3H2,1-2H3,(H2,15,22)(H2,16,23)(H2,18,19,20)/t6-/m1/s1. The molecule has 2 aromatic heterocycles. The molecule has 0 aliphatic carbocycles. The van der Waals surface area contributed by atoms with Gasteiger partial charge in [0.25, 0.3) is 5.91 Å². The number of carbonyl (C=O) groups is 2. The molecule has 0 unspecified atom stereocenters. The van der Waals surface area contributed by atoms with E-state index in [4.69, 9.17) is 11.5 Å². The first kappa shape index (κ1) is 18.3. The lowest BCUT2D eigenvalue weighted by Crippen LogP contribution is -2.35. The van der Waals surface area contributed by atoms with Crippen LogP contribution in [0.3, 0.4) is 0 Å². The van der Waals surface area contributed by atoms with Gasteiger partial charge in [-0.2, -0.15) is 4.37 Å². The lowest BCUT2D eigenvalue weighted by Gasteiger charge is -2.15. The molecule has 0 aliphatic heterocycles. The summed E-state index contributed by atoms with van der Waals surface area (Å²) in [4.78, 5) is 31.2. The van der Waals surface area contributed by atoms with Crippen molar-refractivity contribution in [2.24, 2.45) is 11.5 Å². The van der Waals surface area contributed by atoms with Gasteiger partial charge < -0.3 is 22.1 Å². The number of halogens is 1. The van der Waals surface area contributed by atoms with Crippen LogP contribution in [0.15, 0.2) is 6.20 Å². The Labute approximate surface area is 155 Å². The van der Waals surface area contributed by atoms with Crippen molar-refractivity contribution in [1.29, 1.82) is 0 Å². The average Bonchev–Trinajstić information content (AvgIpc) is 2.84. The van der Waals surface area contributed by atoms with Crippen molar-refractivity contribution in [3.8, 4) is 0 Å². The van der Waals surface area contributed by atoms with E-state index < -0.39 is 17.9 Å². The number of nitrogens with zero attached hydrogens (tertiary/aromatic N) is 3. The number of nitrogens with one attached hydrogen (secondary N) is 2. The Morgan fingerprint density at radius 2 is 2.12 bits per heavy atom. The highest BCUT2D eigenvalue weighted by Gasteiger charge is 2.18. The number of primary amides is 2. The topological polar surface area (TPSA) is 149 Å². The Kier molecular flexibility index (Phi) is 5.88.